The molecular formula is C11H17N3O. The third-order valence-corrected chi connectivity index (χ3v) is 2.18. The van der Waals surface area contributed by atoms with Crippen molar-refractivity contribution < 1.29 is 4.79 Å². The number of amides is 1. The lowest BCUT2D eigenvalue weighted by Gasteiger charge is -2.14. The minimum atomic E-state index is -0.0442. The van der Waals surface area contributed by atoms with Crippen LogP contribution in [0.1, 0.15) is 24.3 Å². The van der Waals surface area contributed by atoms with Crippen LogP contribution in [0.15, 0.2) is 18.3 Å². The Labute approximate surface area is 90.3 Å². The van der Waals surface area contributed by atoms with Gasteiger partial charge in [0.1, 0.15) is 5.69 Å². The fourth-order valence-corrected chi connectivity index (χ4v) is 1.20. The summed E-state index contributed by atoms with van der Waals surface area (Å²) >= 11 is 0. The van der Waals surface area contributed by atoms with Crippen LogP contribution in [0.4, 0.5) is 5.69 Å². The molecule has 0 aliphatic rings. The van der Waals surface area contributed by atoms with Crippen LogP contribution in [0.2, 0.25) is 0 Å². The molecule has 0 radical (unpaired) electrons. The summed E-state index contributed by atoms with van der Waals surface area (Å²) in [5.74, 6) is -0.0442. The maximum Gasteiger partial charge on any atom is 0.272 e. The minimum Gasteiger partial charge on any atom is -0.385 e. The zero-order valence-corrected chi connectivity index (χ0v) is 9.45. The topological polar surface area (TPSA) is 45.2 Å². The fourth-order valence-electron chi connectivity index (χ4n) is 1.20. The van der Waals surface area contributed by atoms with Crippen LogP contribution in [-0.4, -0.2) is 35.9 Å². The molecule has 0 atom stereocenters. The number of hydrogen-bond donors (Lipinski definition) is 1. The van der Waals surface area contributed by atoms with Gasteiger partial charge in [-0.2, -0.15) is 0 Å². The molecule has 1 amide bonds. The van der Waals surface area contributed by atoms with Crippen LogP contribution < -0.4 is 5.32 Å². The lowest BCUT2D eigenvalue weighted by molar-refractivity contribution is 0.0797. The summed E-state index contributed by atoms with van der Waals surface area (Å²) in [7, 11) is 1.77. The van der Waals surface area contributed by atoms with E-state index in [4.69, 9.17) is 0 Å². The summed E-state index contributed by atoms with van der Waals surface area (Å²) in [5.41, 5.74) is 1.41. The molecule has 0 bridgehead atoms. The van der Waals surface area contributed by atoms with E-state index in [1.54, 1.807) is 24.2 Å². The average Bonchev–Trinajstić information content (AvgIpc) is 2.28. The molecule has 0 saturated heterocycles. The first-order chi connectivity index (χ1) is 7.19. The van der Waals surface area contributed by atoms with Crippen LogP contribution in [0.3, 0.4) is 0 Å². The van der Waals surface area contributed by atoms with Gasteiger partial charge in [-0.1, -0.05) is 0 Å². The summed E-state index contributed by atoms with van der Waals surface area (Å²) in [6.07, 6.45) is 1.65. The lowest BCUT2D eigenvalue weighted by Crippen LogP contribution is -2.27. The molecule has 0 fully saturated rings. The number of anilines is 1. The van der Waals surface area contributed by atoms with Crippen LogP contribution in [-0.2, 0) is 0 Å². The molecule has 0 saturated carbocycles. The van der Waals surface area contributed by atoms with Crippen LogP contribution in [0, 0.1) is 0 Å². The monoisotopic (exact) mass is 207 g/mol. The third-order valence-electron chi connectivity index (χ3n) is 2.18. The first kappa shape index (κ1) is 11.5. The van der Waals surface area contributed by atoms with Crippen molar-refractivity contribution in [3.63, 3.8) is 0 Å². The standard InChI is InChI=1S/C11H17N3O/c1-4-12-9-6-7-13-10(8-9)11(15)14(3)5-2/h6-8H,4-5H2,1-3H3,(H,12,13). The lowest BCUT2D eigenvalue weighted by atomic mass is 10.3. The van der Waals surface area contributed by atoms with Crippen molar-refractivity contribution in [2.45, 2.75) is 13.8 Å². The number of aromatic nitrogens is 1. The van der Waals surface area contributed by atoms with E-state index < -0.39 is 0 Å². The summed E-state index contributed by atoms with van der Waals surface area (Å²) in [6.45, 7) is 5.47. The Morgan fingerprint density at radius 1 is 1.53 bits per heavy atom. The molecular weight excluding hydrogens is 190 g/mol. The van der Waals surface area contributed by atoms with Crippen molar-refractivity contribution in [3.8, 4) is 0 Å². The van der Waals surface area contributed by atoms with Crippen molar-refractivity contribution in [1.82, 2.24) is 9.88 Å². The van der Waals surface area contributed by atoms with Crippen molar-refractivity contribution >= 4 is 11.6 Å². The molecule has 1 aromatic rings. The maximum atomic E-state index is 11.8. The molecule has 1 heterocycles. The normalized spacial score (nSPS) is 9.80. The Bertz CT molecular complexity index is 338. The molecule has 4 nitrogen and oxygen atoms in total. The predicted octanol–water partition coefficient (Wildman–Crippen LogP) is 1.61. The summed E-state index contributed by atoms with van der Waals surface area (Å²) < 4.78 is 0. The predicted molar refractivity (Wildman–Crippen MR) is 61.0 cm³/mol. The smallest absolute Gasteiger partial charge is 0.272 e. The van der Waals surface area contributed by atoms with Gasteiger partial charge in [0.05, 0.1) is 0 Å². The van der Waals surface area contributed by atoms with Gasteiger partial charge < -0.3 is 10.2 Å². The van der Waals surface area contributed by atoms with Crippen molar-refractivity contribution in [1.29, 1.82) is 0 Å². The highest BCUT2D eigenvalue weighted by molar-refractivity contribution is 5.92. The van der Waals surface area contributed by atoms with E-state index in [1.807, 2.05) is 19.9 Å². The van der Waals surface area contributed by atoms with Gasteiger partial charge in [0.25, 0.3) is 5.91 Å². The fraction of sp³-hybridized carbons (Fsp3) is 0.455. The third kappa shape index (κ3) is 2.94. The van der Waals surface area contributed by atoms with Crippen molar-refractivity contribution in [3.05, 3.63) is 24.0 Å². The summed E-state index contributed by atoms with van der Waals surface area (Å²) in [5, 5.41) is 3.15. The maximum absolute atomic E-state index is 11.8. The van der Waals surface area contributed by atoms with Gasteiger partial charge in [-0.05, 0) is 26.0 Å². The largest absolute Gasteiger partial charge is 0.385 e. The Kier molecular flexibility index (Phi) is 4.09. The van der Waals surface area contributed by atoms with E-state index in [0.29, 0.717) is 12.2 Å². The van der Waals surface area contributed by atoms with Crippen LogP contribution in [0.25, 0.3) is 0 Å². The Morgan fingerprint density at radius 2 is 2.27 bits per heavy atom. The molecule has 1 aromatic heterocycles. The van der Waals surface area contributed by atoms with E-state index in [0.717, 1.165) is 12.2 Å². The molecule has 0 spiro atoms. The second kappa shape index (κ2) is 5.34. The highest BCUT2D eigenvalue weighted by Gasteiger charge is 2.11. The number of nitrogens with zero attached hydrogens (tertiary/aromatic N) is 2. The number of carbonyl (C=O) groups excluding carboxylic acids is 1. The first-order valence-corrected chi connectivity index (χ1v) is 5.14. The van der Waals surface area contributed by atoms with E-state index in [-0.39, 0.29) is 5.91 Å². The van der Waals surface area contributed by atoms with Gasteiger partial charge in [0.2, 0.25) is 0 Å². The quantitative estimate of drug-likeness (QED) is 0.815. The van der Waals surface area contributed by atoms with Gasteiger partial charge in [-0.3, -0.25) is 9.78 Å². The number of rotatable bonds is 4. The first-order valence-electron chi connectivity index (χ1n) is 5.14. The molecule has 1 N–H and O–H groups in total. The molecule has 0 aliphatic carbocycles. The van der Waals surface area contributed by atoms with Gasteiger partial charge in [-0.15, -0.1) is 0 Å². The van der Waals surface area contributed by atoms with E-state index in [2.05, 4.69) is 10.3 Å². The molecule has 0 unspecified atom stereocenters. The minimum absolute atomic E-state index is 0.0442. The van der Waals surface area contributed by atoms with Crippen molar-refractivity contribution in [2.75, 3.05) is 25.5 Å². The zero-order chi connectivity index (χ0) is 11.3. The van der Waals surface area contributed by atoms with Gasteiger partial charge in [-0.25, -0.2) is 0 Å². The van der Waals surface area contributed by atoms with Gasteiger partial charge in [0, 0.05) is 32.0 Å². The Hall–Kier alpha value is -1.58. The molecule has 4 heteroatoms. The van der Waals surface area contributed by atoms with Crippen molar-refractivity contribution in [2.24, 2.45) is 0 Å². The van der Waals surface area contributed by atoms with Crippen LogP contribution >= 0.6 is 0 Å². The van der Waals surface area contributed by atoms with Crippen LogP contribution in [0.5, 0.6) is 0 Å². The van der Waals surface area contributed by atoms with Gasteiger partial charge in [0.15, 0.2) is 0 Å². The highest BCUT2D eigenvalue weighted by atomic mass is 16.2. The average molecular weight is 207 g/mol. The molecule has 15 heavy (non-hydrogen) atoms. The van der Waals surface area contributed by atoms with E-state index in [9.17, 15) is 4.79 Å². The summed E-state index contributed by atoms with van der Waals surface area (Å²) in [6, 6.07) is 3.63. The summed E-state index contributed by atoms with van der Waals surface area (Å²) in [4.78, 5) is 17.5. The number of carbonyl (C=O) groups is 1. The molecule has 0 aromatic carbocycles. The van der Waals surface area contributed by atoms with E-state index in [1.165, 1.54) is 0 Å². The Balaban J connectivity index is 2.85. The van der Waals surface area contributed by atoms with Gasteiger partial charge >= 0.3 is 0 Å². The molecule has 82 valence electrons. The highest BCUT2D eigenvalue weighted by Crippen LogP contribution is 2.09. The second-order valence-electron chi connectivity index (χ2n) is 3.28. The number of hydrogen-bond acceptors (Lipinski definition) is 3. The molecule has 0 aliphatic heterocycles. The Morgan fingerprint density at radius 3 is 2.87 bits per heavy atom. The number of nitrogens with one attached hydrogen (secondary N) is 1. The second-order valence-corrected chi connectivity index (χ2v) is 3.28. The van der Waals surface area contributed by atoms with E-state index >= 15 is 0 Å². The SMILES string of the molecule is CCNc1ccnc(C(=O)N(C)CC)c1. The molecule has 1 rings (SSSR count). The zero-order valence-electron chi connectivity index (χ0n) is 9.45. The number of pyridine rings is 1.